The minimum absolute atomic E-state index is 0.234. The van der Waals surface area contributed by atoms with Gasteiger partial charge >= 0.3 is 5.97 Å². The van der Waals surface area contributed by atoms with Gasteiger partial charge in [-0.15, -0.1) is 0 Å². The van der Waals surface area contributed by atoms with Gasteiger partial charge in [-0.05, 0) is 24.3 Å². The van der Waals surface area contributed by atoms with Gasteiger partial charge in [0.25, 0.3) is 0 Å². The van der Waals surface area contributed by atoms with Gasteiger partial charge in [0.05, 0.1) is 19.6 Å². The van der Waals surface area contributed by atoms with Crippen molar-refractivity contribution < 1.29 is 19.0 Å². The first-order valence-electron chi connectivity index (χ1n) is 7.21. The van der Waals surface area contributed by atoms with Crippen LogP contribution in [0, 0.1) is 5.41 Å². The lowest BCUT2D eigenvalue weighted by Crippen LogP contribution is -2.35. The van der Waals surface area contributed by atoms with Crippen LogP contribution in [0.15, 0.2) is 0 Å². The molecule has 0 saturated heterocycles. The molecule has 0 fully saturated rings. The van der Waals surface area contributed by atoms with E-state index >= 15 is 0 Å². The van der Waals surface area contributed by atoms with Crippen molar-refractivity contribution in [3.8, 4) is 0 Å². The van der Waals surface area contributed by atoms with Gasteiger partial charge in [0.2, 0.25) is 0 Å². The van der Waals surface area contributed by atoms with E-state index in [1.165, 1.54) is 0 Å². The summed E-state index contributed by atoms with van der Waals surface area (Å²) in [5.41, 5.74) is -0.334. The summed E-state index contributed by atoms with van der Waals surface area (Å²) in [7, 11) is 0. The van der Waals surface area contributed by atoms with E-state index in [-0.39, 0.29) is 11.4 Å². The quantitative estimate of drug-likeness (QED) is 0.254. The molecule has 0 amide bonds. The summed E-state index contributed by atoms with van der Waals surface area (Å²) >= 11 is 12.3. The smallest absolute Gasteiger partial charge is 0.306 e. The average molecular weight is 357 g/mol. The largest absolute Gasteiger partial charge is 0.465 e. The molecule has 0 atom stereocenters. The van der Waals surface area contributed by atoms with Gasteiger partial charge < -0.3 is 14.2 Å². The normalized spacial score (nSPS) is 11.6. The number of hydrogen-bond donors (Lipinski definition) is 3. The SMILES string of the molecule is CC(COCCCS)(COCCCS)COC(=O)CCS. The maximum Gasteiger partial charge on any atom is 0.306 e. The van der Waals surface area contributed by atoms with Gasteiger partial charge in [-0.2, -0.15) is 37.9 Å². The summed E-state index contributed by atoms with van der Waals surface area (Å²) in [5, 5.41) is 0. The molecule has 21 heavy (non-hydrogen) atoms. The van der Waals surface area contributed by atoms with E-state index in [0.29, 0.717) is 45.2 Å². The molecule has 126 valence electrons. The van der Waals surface area contributed by atoms with E-state index in [1.807, 2.05) is 6.92 Å². The molecule has 4 nitrogen and oxygen atoms in total. The molecule has 0 aromatic heterocycles. The van der Waals surface area contributed by atoms with Crippen LogP contribution < -0.4 is 0 Å². The van der Waals surface area contributed by atoms with Crippen LogP contribution >= 0.6 is 37.9 Å². The Morgan fingerprint density at radius 1 is 0.905 bits per heavy atom. The maximum absolute atomic E-state index is 11.5. The molecular weight excluding hydrogens is 328 g/mol. The maximum atomic E-state index is 11.5. The molecule has 0 rings (SSSR count). The van der Waals surface area contributed by atoms with Crippen LogP contribution in [-0.4, -0.2) is 56.3 Å². The first kappa shape index (κ1) is 21.4. The summed E-state index contributed by atoms with van der Waals surface area (Å²) in [4.78, 5) is 11.5. The standard InChI is InChI=1S/C14H28O4S3/c1-14(10-16-5-2-7-19,11-17-6-3-8-20)12-18-13(15)4-9-21/h19-21H,2-12H2,1H3. The van der Waals surface area contributed by atoms with Gasteiger partial charge in [0, 0.05) is 24.4 Å². The van der Waals surface area contributed by atoms with Crippen molar-refractivity contribution in [1.29, 1.82) is 0 Å². The number of ether oxygens (including phenoxy) is 3. The van der Waals surface area contributed by atoms with E-state index in [2.05, 4.69) is 37.9 Å². The molecule has 0 aliphatic rings. The van der Waals surface area contributed by atoms with E-state index in [4.69, 9.17) is 14.2 Å². The average Bonchev–Trinajstić information content (AvgIpc) is 2.47. The second-order valence-electron chi connectivity index (χ2n) is 5.20. The highest BCUT2D eigenvalue weighted by Crippen LogP contribution is 2.19. The minimum atomic E-state index is -0.334. The molecule has 0 radical (unpaired) electrons. The highest BCUT2D eigenvalue weighted by Gasteiger charge is 2.27. The van der Waals surface area contributed by atoms with Crippen molar-refractivity contribution in [2.45, 2.75) is 26.2 Å². The second-order valence-corrected chi connectivity index (χ2v) is 6.55. The van der Waals surface area contributed by atoms with Crippen molar-refractivity contribution >= 4 is 43.9 Å². The zero-order chi connectivity index (χ0) is 16.0. The summed E-state index contributed by atoms with van der Waals surface area (Å²) in [6.07, 6.45) is 2.12. The minimum Gasteiger partial charge on any atom is -0.465 e. The van der Waals surface area contributed by atoms with E-state index < -0.39 is 0 Å². The van der Waals surface area contributed by atoms with Gasteiger partial charge in [-0.1, -0.05) is 6.92 Å². The van der Waals surface area contributed by atoms with Crippen LogP contribution in [0.1, 0.15) is 26.2 Å². The Kier molecular flexibility index (Phi) is 14.4. The number of rotatable bonds is 14. The third-order valence-electron chi connectivity index (χ3n) is 2.69. The number of carbonyl (C=O) groups is 1. The Hall–Kier alpha value is 0.440. The van der Waals surface area contributed by atoms with Crippen LogP contribution in [0.5, 0.6) is 0 Å². The van der Waals surface area contributed by atoms with Crippen LogP contribution in [0.2, 0.25) is 0 Å². The summed E-state index contributed by atoms with van der Waals surface area (Å²) in [6, 6.07) is 0. The molecule has 0 aromatic rings. The highest BCUT2D eigenvalue weighted by molar-refractivity contribution is 7.80. The molecule has 0 unspecified atom stereocenters. The molecule has 0 N–H and O–H groups in total. The van der Waals surface area contributed by atoms with Gasteiger partial charge in [-0.3, -0.25) is 4.79 Å². The molecule has 0 spiro atoms. The molecule has 0 heterocycles. The molecule has 0 aliphatic carbocycles. The fourth-order valence-electron chi connectivity index (χ4n) is 1.51. The Balaban J connectivity index is 4.19. The Labute approximate surface area is 144 Å². The van der Waals surface area contributed by atoms with Gasteiger partial charge in [0.1, 0.15) is 6.61 Å². The lowest BCUT2D eigenvalue weighted by Gasteiger charge is -2.28. The summed E-state index contributed by atoms with van der Waals surface area (Å²) in [6.45, 7) is 4.59. The fraction of sp³-hybridized carbons (Fsp3) is 0.929. The third-order valence-corrected chi connectivity index (χ3v) is 3.55. The first-order chi connectivity index (χ1) is 10.1. The monoisotopic (exact) mass is 356 g/mol. The number of esters is 1. The molecule has 7 heteroatoms. The van der Waals surface area contributed by atoms with Crippen LogP contribution in [0.3, 0.4) is 0 Å². The lowest BCUT2D eigenvalue weighted by atomic mass is 9.94. The highest BCUT2D eigenvalue weighted by atomic mass is 32.1. The topological polar surface area (TPSA) is 44.8 Å². The molecule has 0 bridgehead atoms. The Morgan fingerprint density at radius 3 is 1.86 bits per heavy atom. The number of carbonyl (C=O) groups excluding carboxylic acids is 1. The van der Waals surface area contributed by atoms with Crippen molar-refractivity contribution in [1.82, 2.24) is 0 Å². The zero-order valence-electron chi connectivity index (χ0n) is 12.8. The van der Waals surface area contributed by atoms with E-state index in [9.17, 15) is 4.79 Å². The number of thiol groups is 3. The lowest BCUT2D eigenvalue weighted by molar-refractivity contribution is -0.150. The Morgan fingerprint density at radius 2 is 1.43 bits per heavy atom. The molecule has 0 aromatic carbocycles. The predicted molar refractivity (Wildman–Crippen MR) is 96.1 cm³/mol. The number of hydrogen-bond acceptors (Lipinski definition) is 7. The summed E-state index contributed by atoms with van der Waals surface area (Å²) < 4.78 is 16.6. The zero-order valence-corrected chi connectivity index (χ0v) is 15.4. The van der Waals surface area contributed by atoms with E-state index in [1.54, 1.807) is 0 Å². The second kappa shape index (κ2) is 14.1. The van der Waals surface area contributed by atoms with Crippen LogP contribution in [-0.2, 0) is 19.0 Å². The van der Waals surface area contributed by atoms with Crippen molar-refractivity contribution in [3.63, 3.8) is 0 Å². The van der Waals surface area contributed by atoms with Gasteiger partial charge in [0.15, 0.2) is 0 Å². The van der Waals surface area contributed by atoms with Crippen LogP contribution in [0.4, 0.5) is 0 Å². The summed E-state index contributed by atoms with van der Waals surface area (Å²) in [5.74, 6) is 1.85. The Bertz CT molecular complexity index is 253. The molecular formula is C14H28O4S3. The van der Waals surface area contributed by atoms with Gasteiger partial charge in [-0.25, -0.2) is 0 Å². The van der Waals surface area contributed by atoms with Crippen molar-refractivity contribution in [3.05, 3.63) is 0 Å². The van der Waals surface area contributed by atoms with Crippen molar-refractivity contribution in [2.24, 2.45) is 5.41 Å². The third kappa shape index (κ3) is 12.6. The van der Waals surface area contributed by atoms with Crippen LogP contribution in [0.25, 0.3) is 0 Å². The van der Waals surface area contributed by atoms with Crippen molar-refractivity contribution in [2.75, 3.05) is 50.3 Å². The molecule has 0 saturated carbocycles. The molecule has 0 aliphatic heterocycles. The fourth-order valence-corrected chi connectivity index (χ4v) is 1.95. The van der Waals surface area contributed by atoms with E-state index in [0.717, 1.165) is 24.3 Å². The predicted octanol–water partition coefficient (Wildman–Crippen LogP) is 2.53. The first-order valence-corrected chi connectivity index (χ1v) is 9.11.